The van der Waals surface area contributed by atoms with Crippen LogP contribution in [0.1, 0.15) is 74.9 Å². The van der Waals surface area contributed by atoms with Crippen molar-refractivity contribution in [1.82, 2.24) is 24.7 Å². The molecule has 1 N–H and O–H groups in total. The molecule has 1 unspecified atom stereocenters. The van der Waals surface area contributed by atoms with Gasteiger partial charge in [0.25, 0.3) is 0 Å². The third-order valence-electron chi connectivity index (χ3n) is 9.07. The Morgan fingerprint density at radius 1 is 1.07 bits per heavy atom. The lowest BCUT2D eigenvalue weighted by atomic mass is 10.1. The number of hydrogen-bond donors (Lipinski definition) is 1. The molecule has 12 nitrogen and oxygen atoms in total. The molecule has 0 bridgehead atoms. The van der Waals surface area contributed by atoms with Crippen molar-refractivity contribution in [2.75, 3.05) is 37.7 Å². The summed E-state index contributed by atoms with van der Waals surface area (Å²) in [4.78, 5) is 42.1. The summed E-state index contributed by atoms with van der Waals surface area (Å²) in [6.07, 6.45) is 2.51. The number of aromatic nitrogens is 2. The second kappa shape index (κ2) is 12.1. The molecule has 4 aliphatic rings. The van der Waals surface area contributed by atoms with E-state index in [4.69, 9.17) is 19.4 Å². The number of carbonyl (C=O) groups excluding carboxylic acids is 1. The van der Waals surface area contributed by atoms with Crippen LogP contribution in [0.2, 0.25) is 0 Å². The third kappa shape index (κ3) is 6.11. The van der Waals surface area contributed by atoms with Gasteiger partial charge in [-0.05, 0) is 57.6 Å². The molecular weight excluding hydrogens is 562 g/mol. The minimum atomic E-state index is -1.01. The monoisotopic (exact) mass is 603 g/mol. The van der Waals surface area contributed by atoms with Gasteiger partial charge in [0.1, 0.15) is 18.0 Å². The molecule has 44 heavy (non-hydrogen) atoms. The van der Waals surface area contributed by atoms with E-state index >= 15 is 0 Å². The smallest absolute Gasteiger partial charge is 0.410 e. The summed E-state index contributed by atoms with van der Waals surface area (Å²) in [6.45, 7) is 8.88. The molecule has 2 fully saturated rings. The predicted molar refractivity (Wildman–Crippen MR) is 161 cm³/mol. The maximum atomic E-state index is 12.8. The number of amides is 2. The van der Waals surface area contributed by atoms with Crippen molar-refractivity contribution in [3.63, 3.8) is 0 Å². The van der Waals surface area contributed by atoms with Gasteiger partial charge in [0.2, 0.25) is 0 Å². The van der Waals surface area contributed by atoms with Crippen LogP contribution in [0.4, 0.5) is 15.4 Å². The minimum absolute atomic E-state index is 0.104. The molecule has 12 heteroatoms. The molecule has 2 aromatic rings. The van der Waals surface area contributed by atoms with E-state index < -0.39 is 17.7 Å². The fourth-order valence-corrected chi connectivity index (χ4v) is 7.02. The maximum Gasteiger partial charge on any atom is 0.410 e. The first kappa shape index (κ1) is 29.9. The molecule has 1 aromatic carbocycles. The molecule has 0 saturated carbocycles. The molecule has 2 saturated heterocycles. The van der Waals surface area contributed by atoms with Gasteiger partial charge in [-0.2, -0.15) is 15.2 Å². The average molecular weight is 604 g/mol. The van der Waals surface area contributed by atoms with Gasteiger partial charge in [0.05, 0.1) is 30.3 Å². The fourth-order valence-electron chi connectivity index (χ4n) is 7.02. The largest absolute Gasteiger partial charge is 0.465 e. The molecule has 234 valence electrons. The number of aryl methyl sites for hydroxylation is 1. The molecule has 1 aliphatic carbocycles. The van der Waals surface area contributed by atoms with Crippen LogP contribution < -0.4 is 9.64 Å². The molecule has 3 atom stereocenters. The molecule has 2 amide bonds. The lowest BCUT2D eigenvalue weighted by molar-refractivity contribution is 0.0183. The predicted octanol–water partition coefficient (Wildman–Crippen LogP) is 4.34. The zero-order valence-corrected chi connectivity index (χ0v) is 25.7. The highest BCUT2D eigenvalue weighted by molar-refractivity contribution is 5.69. The zero-order valence-electron chi connectivity index (χ0n) is 25.7. The number of anilines is 1. The number of nitrogens with zero attached hydrogens (tertiary/aromatic N) is 7. The summed E-state index contributed by atoms with van der Waals surface area (Å²) in [5, 5.41) is 19.2. The standard InChI is InChI=1S/C32H41N7O5/c1-32(2,3)44-31(42)39-14-6-8-23(39)20-43-29-34-26-19-37(27-11-10-21-7-4-5-9-24(21)27)18-25(26)28(35-29)36-15-16-38(30(40)41)22(17-36)12-13-33/h4-5,7,9,22-23,27H,6,8,10-12,14-20H2,1-3H3,(H,40,41)/t22-,23-,27?/m0/s1. The lowest BCUT2D eigenvalue weighted by Crippen LogP contribution is -2.55. The summed E-state index contributed by atoms with van der Waals surface area (Å²) in [6, 6.07) is 10.7. The quantitative estimate of drug-likeness (QED) is 0.508. The number of rotatable bonds is 6. The van der Waals surface area contributed by atoms with Crippen LogP contribution >= 0.6 is 0 Å². The van der Waals surface area contributed by atoms with Crippen LogP contribution in [0.3, 0.4) is 0 Å². The Morgan fingerprint density at radius 3 is 2.66 bits per heavy atom. The topological polar surface area (TPSA) is 135 Å². The Labute approximate surface area is 258 Å². The fraction of sp³-hybridized carbons (Fsp3) is 0.594. The van der Waals surface area contributed by atoms with Gasteiger partial charge in [-0.1, -0.05) is 24.3 Å². The van der Waals surface area contributed by atoms with Crippen molar-refractivity contribution in [3.05, 3.63) is 46.6 Å². The first-order valence-electron chi connectivity index (χ1n) is 15.6. The summed E-state index contributed by atoms with van der Waals surface area (Å²) in [7, 11) is 0. The Bertz CT molecular complexity index is 1450. The Balaban J connectivity index is 1.25. The minimum Gasteiger partial charge on any atom is -0.465 e. The van der Waals surface area contributed by atoms with Crippen LogP contribution in [-0.2, 0) is 24.2 Å². The van der Waals surface area contributed by atoms with Crippen LogP contribution in [0.5, 0.6) is 6.01 Å². The van der Waals surface area contributed by atoms with E-state index in [9.17, 15) is 20.0 Å². The first-order valence-corrected chi connectivity index (χ1v) is 15.6. The van der Waals surface area contributed by atoms with E-state index in [0.717, 1.165) is 42.8 Å². The number of carbonyl (C=O) groups is 2. The highest BCUT2D eigenvalue weighted by Gasteiger charge is 2.38. The van der Waals surface area contributed by atoms with E-state index in [1.54, 1.807) is 4.90 Å². The van der Waals surface area contributed by atoms with Gasteiger partial charge in [0, 0.05) is 50.9 Å². The number of hydrogen-bond acceptors (Lipinski definition) is 9. The first-order chi connectivity index (χ1) is 21.1. The van der Waals surface area contributed by atoms with E-state index in [1.807, 2.05) is 20.8 Å². The van der Waals surface area contributed by atoms with Gasteiger partial charge in [-0.15, -0.1) is 0 Å². The Hall–Kier alpha value is -4.11. The molecule has 1 aromatic heterocycles. The van der Waals surface area contributed by atoms with Gasteiger partial charge in [0.15, 0.2) is 0 Å². The zero-order chi connectivity index (χ0) is 31.0. The van der Waals surface area contributed by atoms with Gasteiger partial charge >= 0.3 is 18.2 Å². The Kier molecular flexibility index (Phi) is 8.24. The van der Waals surface area contributed by atoms with Crippen LogP contribution in [-0.4, -0.2) is 92.4 Å². The average Bonchev–Trinajstić information content (AvgIpc) is 3.73. The van der Waals surface area contributed by atoms with E-state index in [1.165, 1.54) is 16.0 Å². The van der Waals surface area contributed by atoms with Crippen LogP contribution in [0, 0.1) is 11.3 Å². The number of ether oxygens (including phenoxy) is 2. The SMILES string of the molecule is CC(C)(C)OC(=O)N1CCC[C@H]1COc1nc2c(c(N3CCN(C(=O)O)[C@@H](CC#N)C3)n1)CN(C1CCc3ccccc31)C2. The van der Waals surface area contributed by atoms with Crippen LogP contribution in [0.15, 0.2) is 24.3 Å². The second-order valence-corrected chi connectivity index (χ2v) is 13.1. The number of fused-ring (bicyclic) bond motifs is 2. The van der Waals surface area contributed by atoms with Crippen molar-refractivity contribution >= 4 is 18.0 Å². The van der Waals surface area contributed by atoms with Crippen molar-refractivity contribution in [3.8, 4) is 12.1 Å². The number of likely N-dealkylation sites (tertiary alicyclic amines) is 1. The van der Waals surface area contributed by atoms with Gasteiger partial charge in [-0.3, -0.25) is 4.90 Å². The normalized spacial score (nSPS) is 23.3. The van der Waals surface area contributed by atoms with Crippen molar-refractivity contribution in [1.29, 1.82) is 5.26 Å². The van der Waals surface area contributed by atoms with E-state index in [2.05, 4.69) is 40.1 Å². The third-order valence-corrected chi connectivity index (χ3v) is 9.07. The van der Waals surface area contributed by atoms with Gasteiger partial charge in [-0.25, -0.2) is 9.59 Å². The van der Waals surface area contributed by atoms with Crippen molar-refractivity contribution in [2.24, 2.45) is 0 Å². The molecule has 0 radical (unpaired) electrons. The molecule has 6 rings (SSSR count). The van der Waals surface area contributed by atoms with Crippen molar-refractivity contribution < 1.29 is 24.2 Å². The van der Waals surface area contributed by atoms with Crippen molar-refractivity contribution in [2.45, 2.75) is 89.7 Å². The molecule has 4 heterocycles. The highest BCUT2D eigenvalue weighted by atomic mass is 16.6. The number of piperazine rings is 1. The van der Waals surface area contributed by atoms with Gasteiger partial charge < -0.3 is 29.3 Å². The number of nitriles is 1. The Morgan fingerprint density at radius 2 is 1.89 bits per heavy atom. The molecular formula is C32H41N7O5. The number of benzene rings is 1. The maximum absolute atomic E-state index is 12.8. The summed E-state index contributed by atoms with van der Waals surface area (Å²) in [5.41, 5.74) is 4.10. The lowest BCUT2D eigenvalue weighted by Gasteiger charge is -2.40. The summed E-state index contributed by atoms with van der Waals surface area (Å²) in [5.74, 6) is 0.738. The molecule has 3 aliphatic heterocycles. The highest BCUT2D eigenvalue weighted by Crippen LogP contribution is 2.42. The summed E-state index contributed by atoms with van der Waals surface area (Å²) >= 11 is 0. The summed E-state index contributed by atoms with van der Waals surface area (Å²) < 4.78 is 11.9. The molecule has 0 spiro atoms. The second-order valence-electron chi connectivity index (χ2n) is 13.1. The van der Waals surface area contributed by atoms with E-state index in [-0.39, 0.29) is 43.8 Å². The van der Waals surface area contributed by atoms with E-state index in [0.29, 0.717) is 32.7 Å². The van der Waals surface area contributed by atoms with Crippen LogP contribution in [0.25, 0.3) is 0 Å². The number of carboxylic acid groups (broad SMARTS) is 1.